The number of benzene rings is 1. The van der Waals surface area contributed by atoms with E-state index in [1.54, 1.807) is 36.8 Å². The minimum atomic E-state index is -0.438. The number of halogens is 1. The molecule has 38 heavy (non-hydrogen) atoms. The molecule has 1 aromatic carbocycles. The Balaban J connectivity index is 1.27. The molecule has 2 aliphatic rings. The van der Waals surface area contributed by atoms with Crippen molar-refractivity contribution >= 4 is 39.3 Å². The van der Waals surface area contributed by atoms with Crippen LogP contribution in [0.25, 0.3) is 44.7 Å². The van der Waals surface area contributed by atoms with Gasteiger partial charge in [-0.05, 0) is 44.2 Å². The Hall–Kier alpha value is -4.38. The molecule has 1 saturated carbocycles. The zero-order valence-corrected chi connectivity index (χ0v) is 20.8. The van der Waals surface area contributed by atoms with Crippen LogP contribution in [-0.4, -0.2) is 74.2 Å². The number of imidazole rings is 1. The molecule has 5 heterocycles. The molecule has 0 bridgehead atoms. The predicted octanol–water partition coefficient (Wildman–Crippen LogP) is 3.80. The van der Waals surface area contributed by atoms with E-state index in [4.69, 9.17) is 4.98 Å². The highest BCUT2D eigenvalue weighted by Gasteiger charge is 2.29. The van der Waals surface area contributed by atoms with Crippen molar-refractivity contribution in [3.05, 3.63) is 48.7 Å². The van der Waals surface area contributed by atoms with Crippen LogP contribution in [0.4, 0.5) is 15.8 Å². The zero-order chi connectivity index (χ0) is 25.8. The first-order chi connectivity index (χ1) is 18.5. The fourth-order valence-corrected chi connectivity index (χ4v) is 5.02. The number of H-pyrrole nitrogens is 2. The van der Waals surface area contributed by atoms with Gasteiger partial charge in [0.25, 0.3) is 0 Å². The average Bonchev–Trinajstić information content (AvgIpc) is 3.54. The van der Waals surface area contributed by atoms with Gasteiger partial charge in [0.1, 0.15) is 17.0 Å². The lowest BCUT2D eigenvalue weighted by molar-refractivity contribution is -0.117. The molecule has 0 unspecified atom stereocenters. The van der Waals surface area contributed by atoms with Crippen molar-refractivity contribution in [3.63, 3.8) is 0 Å². The lowest BCUT2D eigenvalue weighted by atomic mass is 10.0. The van der Waals surface area contributed by atoms with E-state index < -0.39 is 5.82 Å². The molecule has 1 saturated heterocycles. The van der Waals surface area contributed by atoms with Crippen molar-refractivity contribution in [3.8, 4) is 22.6 Å². The molecular formula is C27H26FN9O. The summed E-state index contributed by atoms with van der Waals surface area (Å²) in [6.07, 6.45) is 6.73. The molecule has 10 nitrogen and oxygen atoms in total. The highest BCUT2D eigenvalue weighted by molar-refractivity contribution is 5.98. The smallest absolute Gasteiger partial charge is 0.227 e. The molecule has 7 rings (SSSR count). The molecule has 2 fully saturated rings. The van der Waals surface area contributed by atoms with Crippen LogP contribution >= 0.6 is 0 Å². The highest BCUT2D eigenvalue weighted by Crippen LogP contribution is 2.36. The summed E-state index contributed by atoms with van der Waals surface area (Å²) in [6, 6.07) is 7.19. The molecule has 0 spiro atoms. The molecule has 0 atom stereocenters. The number of aromatic amines is 2. The Bertz CT molecular complexity index is 1680. The summed E-state index contributed by atoms with van der Waals surface area (Å²) in [4.78, 5) is 33.6. The van der Waals surface area contributed by atoms with Crippen LogP contribution in [0.5, 0.6) is 0 Å². The normalized spacial score (nSPS) is 16.4. The van der Waals surface area contributed by atoms with Crippen molar-refractivity contribution in [2.45, 2.75) is 12.8 Å². The summed E-state index contributed by atoms with van der Waals surface area (Å²) in [5.41, 5.74) is 4.79. The lowest BCUT2D eigenvalue weighted by Crippen LogP contribution is -2.44. The number of anilines is 2. The average molecular weight is 512 g/mol. The van der Waals surface area contributed by atoms with Gasteiger partial charge in [0.2, 0.25) is 5.91 Å². The zero-order valence-electron chi connectivity index (χ0n) is 20.8. The summed E-state index contributed by atoms with van der Waals surface area (Å²) >= 11 is 0. The maximum absolute atomic E-state index is 16.1. The van der Waals surface area contributed by atoms with Crippen molar-refractivity contribution in [2.24, 2.45) is 5.92 Å². The third kappa shape index (κ3) is 3.95. The summed E-state index contributed by atoms with van der Waals surface area (Å²) in [7, 11) is 2.12. The maximum Gasteiger partial charge on any atom is 0.227 e. The van der Waals surface area contributed by atoms with Crippen molar-refractivity contribution < 1.29 is 9.18 Å². The minimum absolute atomic E-state index is 0.0218. The van der Waals surface area contributed by atoms with Gasteiger partial charge in [-0.15, -0.1) is 0 Å². The molecule has 5 aromatic rings. The van der Waals surface area contributed by atoms with Crippen LogP contribution in [0.1, 0.15) is 12.8 Å². The molecule has 4 aromatic heterocycles. The number of amides is 1. The van der Waals surface area contributed by atoms with Gasteiger partial charge in [0.15, 0.2) is 11.5 Å². The number of fused-ring (bicyclic) bond motifs is 2. The summed E-state index contributed by atoms with van der Waals surface area (Å²) in [6.45, 7) is 3.74. The van der Waals surface area contributed by atoms with Crippen LogP contribution in [-0.2, 0) is 4.79 Å². The Morgan fingerprint density at radius 3 is 2.79 bits per heavy atom. The summed E-state index contributed by atoms with van der Waals surface area (Å²) in [5, 5.41) is 10.6. The van der Waals surface area contributed by atoms with Gasteiger partial charge in [0.05, 0.1) is 28.5 Å². The van der Waals surface area contributed by atoms with E-state index >= 15 is 4.39 Å². The summed E-state index contributed by atoms with van der Waals surface area (Å²) < 4.78 is 16.1. The number of piperazine rings is 1. The van der Waals surface area contributed by atoms with Crippen LogP contribution in [0.2, 0.25) is 0 Å². The maximum atomic E-state index is 16.1. The topological polar surface area (TPSA) is 119 Å². The van der Waals surface area contributed by atoms with E-state index in [1.807, 2.05) is 6.07 Å². The largest absolute Gasteiger partial charge is 0.367 e. The number of aromatic nitrogens is 6. The van der Waals surface area contributed by atoms with Crippen LogP contribution in [0, 0.1) is 11.7 Å². The van der Waals surface area contributed by atoms with E-state index in [0.29, 0.717) is 44.9 Å². The Morgan fingerprint density at radius 1 is 1.13 bits per heavy atom. The first-order valence-corrected chi connectivity index (χ1v) is 12.8. The van der Waals surface area contributed by atoms with E-state index in [-0.39, 0.29) is 11.8 Å². The van der Waals surface area contributed by atoms with Crippen molar-refractivity contribution in [1.82, 2.24) is 35.0 Å². The number of nitrogens with one attached hydrogen (secondary N) is 3. The van der Waals surface area contributed by atoms with Gasteiger partial charge in [-0.2, -0.15) is 5.10 Å². The molecule has 1 aliphatic carbocycles. The molecule has 11 heteroatoms. The second-order valence-electron chi connectivity index (χ2n) is 10.1. The number of carbonyl (C=O) groups is 1. The quantitative estimate of drug-likeness (QED) is 0.328. The molecule has 0 radical (unpaired) electrons. The third-order valence-corrected chi connectivity index (χ3v) is 7.36. The van der Waals surface area contributed by atoms with E-state index in [9.17, 15) is 4.79 Å². The SMILES string of the molecule is CN1CCN(c2ccnc3[nH]c(-c4n[nH]c5ccc(-c6cncc(NC(=O)C7CC7)c6)c(F)c45)nc23)CC1. The number of rotatable bonds is 5. The molecular weight excluding hydrogens is 485 g/mol. The monoisotopic (exact) mass is 511 g/mol. The first kappa shape index (κ1) is 22.8. The second kappa shape index (κ2) is 8.88. The molecule has 1 amide bonds. The van der Waals surface area contributed by atoms with Gasteiger partial charge < -0.3 is 20.1 Å². The van der Waals surface area contributed by atoms with E-state index in [0.717, 1.165) is 50.2 Å². The number of pyridine rings is 2. The van der Waals surface area contributed by atoms with Gasteiger partial charge in [0, 0.05) is 55.6 Å². The lowest BCUT2D eigenvalue weighted by Gasteiger charge is -2.33. The Kier molecular flexibility index (Phi) is 5.32. The standard InChI is InChI=1S/C27H26FN9O/c1-36-8-10-37(11-9-36)20-6-7-30-25-23(20)32-26(33-25)24-21-19(34-35-24)5-4-18(22(21)28)16-12-17(14-29-13-16)31-27(38)15-2-3-15/h4-7,12-15H,2-3,8-11H2,1H3,(H,31,38)(H,34,35)(H,30,32,33). The summed E-state index contributed by atoms with van der Waals surface area (Å²) in [5.74, 6) is 0.0492. The number of hydrogen-bond acceptors (Lipinski definition) is 7. The van der Waals surface area contributed by atoms with Crippen molar-refractivity contribution in [1.29, 1.82) is 0 Å². The minimum Gasteiger partial charge on any atom is -0.367 e. The number of nitrogens with zero attached hydrogens (tertiary/aromatic N) is 6. The highest BCUT2D eigenvalue weighted by atomic mass is 19.1. The first-order valence-electron chi connectivity index (χ1n) is 12.8. The Morgan fingerprint density at radius 2 is 1.97 bits per heavy atom. The van der Waals surface area contributed by atoms with Gasteiger partial charge in [-0.25, -0.2) is 14.4 Å². The fourth-order valence-electron chi connectivity index (χ4n) is 5.02. The number of carbonyl (C=O) groups excluding carboxylic acids is 1. The third-order valence-electron chi connectivity index (χ3n) is 7.36. The van der Waals surface area contributed by atoms with E-state index in [1.165, 1.54) is 0 Å². The second-order valence-corrected chi connectivity index (χ2v) is 10.1. The number of hydrogen-bond donors (Lipinski definition) is 3. The molecule has 1 aliphatic heterocycles. The van der Waals surface area contributed by atoms with Crippen LogP contribution in [0.3, 0.4) is 0 Å². The predicted molar refractivity (Wildman–Crippen MR) is 143 cm³/mol. The van der Waals surface area contributed by atoms with Crippen LogP contribution in [0.15, 0.2) is 42.9 Å². The van der Waals surface area contributed by atoms with Gasteiger partial charge in [-0.3, -0.25) is 14.9 Å². The fraction of sp³-hybridized carbons (Fsp3) is 0.296. The van der Waals surface area contributed by atoms with Crippen molar-refractivity contribution in [2.75, 3.05) is 43.4 Å². The van der Waals surface area contributed by atoms with Crippen LogP contribution < -0.4 is 10.2 Å². The molecule has 192 valence electrons. The number of likely N-dealkylation sites (N-methyl/N-ethyl adjacent to an activating group) is 1. The van der Waals surface area contributed by atoms with Gasteiger partial charge in [-0.1, -0.05) is 0 Å². The van der Waals surface area contributed by atoms with Gasteiger partial charge >= 0.3 is 0 Å². The Labute approximate surface area is 217 Å². The van der Waals surface area contributed by atoms with E-state index in [2.05, 4.69) is 47.3 Å². The molecule has 3 N–H and O–H groups in total.